The first-order chi connectivity index (χ1) is 9.84. The third-order valence-corrected chi connectivity index (χ3v) is 5.98. The minimum absolute atomic E-state index is 0.858. The van der Waals surface area contributed by atoms with E-state index in [9.17, 15) is 0 Å². The molecule has 98 valence electrons. The minimum Gasteiger partial charge on any atom is -0.464 e. The highest BCUT2D eigenvalue weighted by molar-refractivity contribution is 7.96. The highest BCUT2D eigenvalue weighted by atomic mass is 35.7. The van der Waals surface area contributed by atoms with Crippen LogP contribution in [0.4, 0.5) is 0 Å². The van der Waals surface area contributed by atoms with E-state index in [1.165, 1.54) is 0 Å². The van der Waals surface area contributed by atoms with Crippen LogP contribution in [0.25, 0.3) is 21.9 Å². The molecule has 0 atom stereocenters. The van der Waals surface area contributed by atoms with Gasteiger partial charge in [0.15, 0.2) is 0 Å². The Hall–Kier alpha value is -1.76. The Morgan fingerprint density at radius 1 is 0.700 bits per heavy atom. The zero-order valence-corrected chi connectivity index (χ0v) is 12.1. The molecule has 0 aliphatic rings. The van der Waals surface area contributed by atoms with E-state index in [1.54, 1.807) is 12.5 Å². The number of para-hydroxylation sites is 2. The Balaban J connectivity index is 1.94. The summed E-state index contributed by atoms with van der Waals surface area (Å²) in [5.74, 6) is 0. The molecule has 2 aromatic carbocycles. The Morgan fingerprint density at radius 2 is 1.20 bits per heavy atom. The molecule has 4 aromatic rings. The maximum absolute atomic E-state index is 6.75. The zero-order chi connectivity index (χ0) is 13.5. The summed E-state index contributed by atoms with van der Waals surface area (Å²) in [6.45, 7) is 0. The molecule has 0 fully saturated rings. The first-order valence-electron chi connectivity index (χ1n) is 6.23. The normalized spacial score (nSPS) is 11.7. The van der Waals surface area contributed by atoms with Crippen molar-refractivity contribution in [3.63, 3.8) is 0 Å². The summed E-state index contributed by atoms with van der Waals surface area (Å²) in [7, 11) is -1.03. The number of rotatable bonds is 2. The van der Waals surface area contributed by atoms with Crippen molar-refractivity contribution in [2.24, 2.45) is 0 Å². The number of furan rings is 2. The molecule has 0 aliphatic heterocycles. The summed E-state index contributed by atoms with van der Waals surface area (Å²) in [6, 6.07) is 16.0. The lowest BCUT2D eigenvalue weighted by Crippen LogP contribution is -2.09. The SMILES string of the molecule is ClP(c1cccc2ccoc12)c1cccc2ccoc12. The van der Waals surface area contributed by atoms with Crippen LogP contribution < -0.4 is 10.6 Å². The van der Waals surface area contributed by atoms with E-state index in [4.69, 9.17) is 20.1 Å². The van der Waals surface area contributed by atoms with Crippen molar-refractivity contribution in [1.82, 2.24) is 0 Å². The predicted octanol–water partition coefficient (Wildman–Crippen LogP) is 4.77. The van der Waals surface area contributed by atoms with Gasteiger partial charge in [-0.3, -0.25) is 0 Å². The fourth-order valence-electron chi connectivity index (χ4n) is 2.39. The molecule has 0 N–H and O–H groups in total. The molecule has 0 aliphatic carbocycles. The molecule has 0 saturated carbocycles. The first kappa shape index (κ1) is 12.0. The second-order valence-electron chi connectivity index (χ2n) is 4.51. The van der Waals surface area contributed by atoms with Gasteiger partial charge >= 0.3 is 0 Å². The van der Waals surface area contributed by atoms with Gasteiger partial charge in [0.05, 0.1) is 19.8 Å². The van der Waals surface area contributed by atoms with Crippen molar-refractivity contribution in [2.75, 3.05) is 0 Å². The molecule has 0 spiro atoms. The molecule has 0 saturated heterocycles. The maximum Gasteiger partial charge on any atom is 0.143 e. The average molecular weight is 301 g/mol. The minimum atomic E-state index is -1.03. The molecule has 0 bridgehead atoms. The summed E-state index contributed by atoms with van der Waals surface area (Å²) in [6.07, 6.45) is 3.39. The number of halogens is 1. The highest BCUT2D eigenvalue weighted by Gasteiger charge is 2.19. The van der Waals surface area contributed by atoms with Gasteiger partial charge in [-0.2, -0.15) is 0 Å². The Labute approximate surface area is 121 Å². The molecule has 4 rings (SSSR count). The molecule has 2 heterocycles. The van der Waals surface area contributed by atoms with Gasteiger partial charge in [0, 0.05) is 21.4 Å². The van der Waals surface area contributed by atoms with Crippen LogP contribution in [0.15, 0.2) is 69.9 Å². The molecule has 0 amide bonds. The molecule has 0 unspecified atom stereocenters. The van der Waals surface area contributed by atoms with Gasteiger partial charge in [0.1, 0.15) is 11.2 Å². The van der Waals surface area contributed by atoms with E-state index < -0.39 is 7.27 Å². The summed E-state index contributed by atoms with van der Waals surface area (Å²) >= 11 is 6.75. The summed E-state index contributed by atoms with van der Waals surface area (Å²) in [5.41, 5.74) is 1.72. The predicted molar refractivity (Wildman–Crippen MR) is 84.5 cm³/mol. The second-order valence-corrected chi connectivity index (χ2v) is 7.05. The fraction of sp³-hybridized carbons (Fsp3) is 0. The van der Waals surface area contributed by atoms with Crippen LogP contribution >= 0.6 is 18.5 Å². The highest BCUT2D eigenvalue weighted by Crippen LogP contribution is 2.43. The van der Waals surface area contributed by atoms with Crippen molar-refractivity contribution in [1.29, 1.82) is 0 Å². The van der Waals surface area contributed by atoms with Crippen LogP contribution in [0.1, 0.15) is 0 Å². The Bertz CT molecular complexity index is 819. The Morgan fingerprint density at radius 3 is 1.70 bits per heavy atom. The van der Waals surface area contributed by atoms with Gasteiger partial charge in [-0.05, 0) is 24.3 Å². The van der Waals surface area contributed by atoms with Crippen LogP contribution in [-0.4, -0.2) is 0 Å². The van der Waals surface area contributed by atoms with Gasteiger partial charge in [-0.25, -0.2) is 0 Å². The number of hydrogen-bond acceptors (Lipinski definition) is 2. The topological polar surface area (TPSA) is 26.3 Å². The number of fused-ring (bicyclic) bond motifs is 2. The van der Waals surface area contributed by atoms with Gasteiger partial charge in [0.25, 0.3) is 0 Å². The monoisotopic (exact) mass is 300 g/mol. The molecular formula is C16H10ClO2P. The van der Waals surface area contributed by atoms with Gasteiger partial charge in [-0.15, -0.1) is 0 Å². The van der Waals surface area contributed by atoms with E-state index in [0.29, 0.717) is 0 Å². The standard InChI is InChI=1S/C16H10ClO2P/c17-20(13-5-1-3-11-7-9-18-15(11)13)14-6-2-4-12-8-10-19-16(12)14/h1-10H. The molecule has 20 heavy (non-hydrogen) atoms. The molecule has 2 aromatic heterocycles. The van der Waals surface area contributed by atoms with E-state index in [-0.39, 0.29) is 0 Å². The largest absolute Gasteiger partial charge is 0.464 e. The fourth-order valence-corrected chi connectivity index (χ4v) is 4.61. The zero-order valence-electron chi connectivity index (χ0n) is 10.4. The smallest absolute Gasteiger partial charge is 0.143 e. The number of hydrogen-bond donors (Lipinski definition) is 0. The molecule has 4 heteroatoms. The third kappa shape index (κ3) is 1.76. The third-order valence-electron chi connectivity index (χ3n) is 3.34. The maximum atomic E-state index is 6.75. The Kier molecular flexibility index (Phi) is 2.80. The van der Waals surface area contributed by atoms with Crippen LogP contribution in [0.3, 0.4) is 0 Å². The second kappa shape index (κ2) is 4.66. The van der Waals surface area contributed by atoms with Crippen molar-refractivity contribution in [3.05, 3.63) is 61.1 Å². The molecule has 2 nitrogen and oxygen atoms in total. The van der Waals surface area contributed by atoms with Crippen LogP contribution in [-0.2, 0) is 0 Å². The van der Waals surface area contributed by atoms with Gasteiger partial charge < -0.3 is 8.83 Å². The van der Waals surface area contributed by atoms with E-state index in [2.05, 4.69) is 0 Å². The molecular weight excluding hydrogens is 291 g/mol. The van der Waals surface area contributed by atoms with Crippen LogP contribution in [0, 0.1) is 0 Å². The van der Waals surface area contributed by atoms with E-state index >= 15 is 0 Å². The number of benzene rings is 2. The van der Waals surface area contributed by atoms with Crippen molar-refractivity contribution >= 4 is 51.1 Å². The molecule has 0 radical (unpaired) electrons. The van der Waals surface area contributed by atoms with Crippen molar-refractivity contribution in [2.45, 2.75) is 0 Å². The van der Waals surface area contributed by atoms with Gasteiger partial charge in [0.2, 0.25) is 0 Å². The van der Waals surface area contributed by atoms with Crippen molar-refractivity contribution in [3.8, 4) is 0 Å². The lowest BCUT2D eigenvalue weighted by molar-refractivity contribution is 0.618. The van der Waals surface area contributed by atoms with E-state index in [1.807, 2.05) is 48.5 Å². The lowest BCUT2D eigenvalue weighted by atomic mass is 10.2. The quantitative estimate of drug-likeness (QED) is 0.499. The average Bonchev–Trinajstić information content (AvgIpc) is 3.13. The van der Waals surface area contributed by atoms with Crippen LogP contribution in [0.5, 0.6) is 0 Å². The summed E-state index contributed by atoms with van der Waals surface area (Å²) in [4.78, 5) is 0. The van der Waals surface area contributed by atoms with Crippen LogP contribution in [0.2, 0.25) is 0 Å². The van der Waals surface area contributed by atoms with Gasteiger partial charge in [-0.1, -0.05) is 35.5 Å². The summed E-state index contributed by atoms with van der Waals surface area (Å²) in [5, 5.41) is 4.19. The van der Waals surface area contributed by atoms with Crippen molar-refractivity contribution < 1.29 is 8.83 Å². The lowest BCUT2D eigenvalue weighted by Gasteiger charge is -2.11. The van der Waals surface area contributed by atoms with E-state index in [0.717, 1.165) is 32.5 Å². The first-order valence-corrected chi connectivity index (χ1v) is 8.47. The summed E-state index contributed by atoms with van der Waals surface area (Å²) < 4.78 is 11.2.